The largest absolute Gasteiger partial charge is 0.394 e. The number of hydrazone groups is 1. The average Bonchev–Trinajstić information content (AvgIpc) is 2.15. The number of rotatable bonds is 4. The summed E-state index contributed by atoms with van der Waals surface area (Å²) in [5.41, 5.74) is 3.73. The molecule has 4 heteroatoms. The highest BCUT2D eigenvalue weighted by Gasteiger charge is 1.87. The fourth-order valence-electron chi connectivity index (χ4n) is 0.784. The van der Waals surface area contributed by atoms with Gasteiger partial charge in [0.25, 0.3) is 0 Å². The Bertz CT molecular complexity index is 271. The van der Waals surface area contributed by atoms with E-state index in [2.05, 4.69) is 26.5 Å². The van der Waals surface area contributed by atoms with Crippen LogP contribution < -0.4 is 5.43 Å². The molecule has 1 aromatic carbocycles. The van der Waals surface area contributed by atoms with Crippen LogP contribution >= 0.6 is 15.9 Å². The third-order valence-corrected chi connectivity index (χ3v) is 1.93. The molecule has 0 fully saturated rings. The van der Waals surface area contributed by atoms with Crippen LogP contribution in [-0.4, -0.2) is 24.5 Å². The first-order valence-electron chi connectivity index (χ1n) is 3.95. The molecule has 0 spiro atoms. The molecular formula is C9H11BrN2O. The van der Waals surface area contributed by atoms with Gasteiger partial charge in [-0.25, -0.2) is 0 Å². The summed E-state index contributed by atoms with van der Waals surface area (Å²) in [5.74, 6) is 0. The highest BCUT2D eigenvalue weighted by Crippen LogP contribution is 2.08. The number of nitrogens with zero attached hydrogens (tertiary/aromatic N) is 1. The molecule has 70 valence electrons. The molecule has 0 aliphatic heterocycles. The van der Waals surface area contributed by atoms with Gasteiger partial charge in [0.2, 0.25) is 0 Å². The molecule has 0 atom stereocenters. The van der Waals surface area contributed by atoms with Gasteiger partial charge in [0.05, 0.1) is 19.4 Å². The van der Waals surface area contributed by atoms with Crippen molar-refractivity contribution in [3.63, 3.8) is 0 Å². The first kappa shape index (κ1) is 10.2. The van der Waals surface area contributed by atoms with Gasteiger partial charge in [0.15, 0.2) is 0 Å². The first-order valence-corrected chi connectivity index (χ1v) is 4.74. The lowest BCUT2D eigenvalue weighted by Gasteiger charge is -1.95. The lowest BCUT2D eigenvalue weighted by Crippen LogP contribution is -2.11. The van der Waals surface area contributed by atoms with Crippen LogP contribution in [0.4, 0.5) is 0 Å². The topological polar surface area (TPSA) is 44.6 Å². The van der Waals surface area contributed by atoms with Crippen molar-refractivity contribution in [1.82, 2.24) is 5.43 Å². The summed E-state index contributed by atoms with van der Waals surface area (Å²) in [5, 5.41) is 12.4. The lowest BCUT2D eigenvalue weighted by atomic mass is 10.2. The minimum atomic E-state index is 0.0949. The summed E-state index contributed by atoms with van der Waals surface area (Å²) in [4.78, 5) is 0. The minimum Gasteiger partial charge on any atom is -0.394 e. The van der Waals surface area contributed by atoms with Crippen LogP contribution in [-0.2, 0) is 0 Å². The molecule has 0 unspecified atom stereocenters. The fourth-order valence-corrected chi connectivity index (χ4v) is 1.05. The van der Waals surface area contributed by atoms with Gasteiger partial charge in [-0.2, -0.15) is 5.10 Å². The molecule has 0 amide bonds. The number of aliphatic hydroxyl groups excluding tert-OH is 1. The maximum atomic E-state index is 8.46. The third kappa shape index (κ3) is 4.05. The van der Waals surface area contributed by atoms with Gasteiger partial charge in [0.1, 0.15) is 0 Å². The minimum absolute atomic E-state index is 0.0949. The van der Waals surface area contributed by atoms with E-state index >= 15 is 0 Å². The Morgan fingerprint density at radius 1 is 1.38 bits per heavy atom. The summed E-state index contributed by atoms with van der Waals surface area (Å²) in [6, 6.07) is 7.81. The predicted molar refractivity (Wildman–Crippen MR) is 56.8 cm³/mol. The van der Waals surface area contributed by atoms with Crippen LogP contribution in [0.5, 0.6) is 0 Å². The molecule has 0 aliphatic carbocycles. The van der Waals surface area contributed by atoms with Crippen LogP contribution in [0.25, 0.3) is 0 Å². The van der Waals surface area contributed by atoms with Gasteiger partial charge in [-0.15, -0.1) is 0 Å². The molecule has 3 nitrogen and oxygen atoms in total. The van der Waals surface area contributed by atoms with E-state index in [0.29, 0.717) is 6.54 Å². The number of hydrogen-bond donors (Lipinski definition) is 2. The SMILES string of the molecule is OCCN/N=C\c1ccc(Br)cc1. The summed E-state index contributed by atoms with van der Waals surface area (Å²) in [7, 11) is 0. The Morgan fingerprint density at radius 3 is 2.69 bits per heavy atom. The molecule has 2 N–H and O–H groups in total. The van der Waals surface area contributed by atoms with Crippen molar-refractivity contribution in [2.45, 2.75) is 0 Å². The normalized spacial score (nSPS) is 10.6. The Morgan fingerprint density at radius 2 is 2.08 bits per heavy atom. The highest BCUT2D eigenvalue weighted by atomic mass is 79.9. The van der Waals surface area contributed by atoms with E-state index in [1.54, 1.807) is 6.21 Å². The Kier molecular flexibility index (Phi) is 4.49. The van der Waals surface area contributed by atoms with Gasteiger partial charge >= 0.3 is 0 Å². The van der Waals surface area contributed by atoms with Gasteiger partial charge in [0, 0.05) is 4.47 Å². The van der Waals surface area contributed by atoms with E-state index < -0.39 is 0 Å². The molecule has 0 aromatic heterocycles. The van der Waals surface area contributed by atoms with Gasteiger partial charge in [-0.05, 0) is 17.7 Å². The molecule has 0 bridgehead atoms. The standard InChI is InChI=1S/C9H11BrN2O/c10-9-3-1-8(2-4-9)7-12-11-5-6-13/h1-4,7,11,13H,5-6H2/b12-7-. The van der Waals surface area contributed by atoms with Crippen molar-refractivity contribution >= 4 is 22.1 Å². The molecule has 0 heterocycles. The molecule has 0 aliphatic rings. The van der Waals surface area contributed by atoms with Gasteiger partial charge in [-0.1, -0.05) is 28.1 Å². The molecule has 13 heavy (non-hydrogen) atoms. The van der Waals surface area contributed by atoms with Crippen LogP contribution in [0.15, 0.2) is 33.8 Å². The summed E-state index contributed by atoms with van der Waals surface area (Å²) in [6.45, 7) is 0.574. The quantitative estimate of drug-likeness (QED) is 0.476. The lowest BCUT2D eigenvalue weighted by molar-refractivity contribution is 0.294. The summed E-state index contributed by atoms with van der Waals surface area (Å²) in [6.07, 6.45) is 1.71. The number of halogens is 1. The van der Waals surface area contributed by atoms with E-state index in [4.69, 9.17) is 5.11 Å². The van der Waals surface area contributed by atoms with Crippen molar-refractivity contribution in [3.8, 4) is 0 Å². The van der Waals surface area contributed by atoms with Crippen molar-refractivity contribution in [1.29, 1.82) is 0 Å². The Balaban J connectivity index is 2.44. The van der Waals surface area contributed by atoms with E-state index in [1.807, 2.05) is 24.3 Å². The molecule has 0 saturated carbocycles. The first-order chi connectivity index (χ1) is 6.33. The average molecular weight is 243 g/mol. The van der Waals surface area contributed by atoms with Crippen molar-refractivity contribution in [2.24, 2.45) is 5.10 Å². The second kappa shape index (κ2) is 5.72. The second-order valence-electron chi connectivity index (χ2n) is 2.44. The summed E-state index contributed by atoms with van der Waals surface area (Å²) >= 11 is 3.35. The van der Waals surface area contributed by atoms with E-state index in [9.17, 15) is 0 Å². The molecule has 1 aromatic rings. The maximum absolute atomic E-state index is 8.46. The molecule has 0 radical (unpaired) electrons. The number of aliphatic hydroxyl groups is 1. The second-order valence-corrected chi connectivity index (χ2v) is 3.36. The third-order valence-electron chi connectivity index (χ3n) is 1.40. The Hall–Kier alpha value is -0.870. The monoisotopic (exact) mass is 242 g/mol. The zero-order valence-electron chi connectivity index (χ0n) is 7.07. The van der Waals surface area contributed by atoms with Gasteiger partial charge < -0.3 is 10.5 Å². The van der Waals surface area contributed by atoms with E-state index in [0.717, 1.165) is 10.0 Å². The van der Waals surface area contributed by atoms with Crippen LogP contribution in [0.2, 0.25) is 0 Å². The van der Waals surface area contributed by atoms with Crippen LogP contribution in [0.3, 0.4) is 0 Å². The number of nitrogens with one attached hydrogen (secondary N) is 1. The van der Waals surface area contributed by atoms with Gasteiger partial charge in [-0.3, -0.25) is 0 Å². The van der Waals surface area contributed by atoms with E-state index in [-0.39, 0.29) is 6.61 Å². The van der Waals surface area contributed by atoms with Crippen LogP contribution in [0, 0.1) is 0 Å². The molecule has 0 saturated heterocycles. The predicted octanol–water partition coefficient (Wildman–Crippen LogP) is 1.36. The van der Waals surface area contributed by atoms with Crippen molar-refractivity contribution < 1.29 is 5.11 Å². The maximum Gasteiger partial charge on any atom is 0.0620 e. The molecular weight excluding hydrogens is 232 g/mol. The van der Waals surface area contributed by atoms with Crippen molar-refractivity contribution in [2.75, 3.05) is 13.2 Å². The van der Waals surface area contributed by atoms with Crippen molar-refractivity contribution in [3.05, 3.63) is 34.3 Å². The number of benzene rings is 1. The zero-order chi connectivity index (χ0) is 9.52. The highest BCUT2D eigenvalue weighted by molar-refractivity contribution is 9.10. The number of hydrogen-bond acceptors (Lipinski definition) is 3. The molecule has 1 rings (SSSR count). The fraction of sp³-hybridized carbons (Fsp3) is 0.222. The Labute approximate surface area is 85.6 Å². The summed E-state index contributed by atoms with van der Waals surface area (Å²) < 4.78 is 1.05. The zero-order valence-corrected chi connectivity index (χ0v) is 8.66. The van der Waals surface area contributed by atoms with Crippen LogP contribution in [0.1, 0.15) is 5.56 Å². The van der Waals surface area contributed by atoms with E-state index in [1.165, 1.54) is 0 Å². The smallest absolute Gasteiger partial charge is 0.0620 e.